The number of nitrogens with zero attached hydrogens (tertiary/aromatic N) is 4. The molecule has 6 heteroatoms. The van der Waals surface area contributed by atoms with Gasteiger partial charge in [-0.15, -0.1) is 22.7 Å². The number of para-hydroxylation sites is 2. The number of fused-ring (bicyclic) bond motifs is 14. The van der Waals surface area contributed by atoms with E-state index >= 15 is 0 Å². The van der Waals surface area contributed by atoms with Gasteiger partial charge < -0.3 is 9.13 Å². The molecule has 9 aromatic carbocycles. The standard InChI is InChI=1S/C68H50N4S2/c69-39-41-27-31-45(32-28-41)61-59(43-15-3-1-4-16-43)67(71-53-23-11-7-19-47(53)49-35-37-57-63(65(49)71)51-21-9-13-25-55(51)73-57)60(44-17-5-2-6-18-44)62(46-33-29-42(40-70)30-34-46)68(61)72-54-24-12-8-20-48(54)50-36-38-58-64(66(50)72)52-22-10-14-26-56(52)74-58/h7-14,19-38,43-44H,1-6,15-18H2. The van der Waals surface area contributed by atoms with Crippen molar-refractivity contribution < 1.29 is 0 Å². The molecule has 4 aromatic heterocycles. The first-order valence-electron chi connectivity index (χ1n) is 26.6. The molecule has 2 aliphatic carbocycles. The van der Waals surface area contributed by atoms with Crippen LogP contribution in [0, 0.1) is 22.7 Å². The van der Waals surface area contributed by atoms with Crippen LogP contribution in [0.5, 0.6) is 0 Å². The fraction of sp³-hybridized carbons (Fsp3) is 0.176. The van der Waals surface area contributed by atoms with Gasteiger partial charge in [0, 0.05) is 73.0 Å². The Labute approximate surface area is 437 Å². The zero-order valence-electron chi connectivity index (χ0n) is 41.0. The highest BCUT2D eigenvalue weighted by atomic mass is 32.1. The number of hydrogen-bond acceptors (Lipinski definition) is 4. The third kappa shape index (κ3) is 6.48. The average Bonchev–Trinajstić information content (AvgIpc) is 4.24. The van der Waals surface area contributed by atoms with Gasteiger partial charge in [0.15, 0.2) is 0 Å². The summed E-state index contributed by atoms with van der Waals surface area (Å²) < 4.78 is 10.6. The minimum Gasteiger partial charge on any atom is -0.308 e. The molecule has 2 saturated carbocycles. The molecule has 0 unspecified atom stereocenters. The Morgan fingerprint density at radius 3 is 1.19 bits per heavy atom. The van der Waals surface area contributed by atoms with Crippen LogP contribution in [0.4, 0.5) is 0 Å². The van der Waals surface area contributed by atoms with Gasteiger partial charge in [-0.1, -0.05) is 148 Å². The van der Waals surface area contributed by atoms with E-state index in [1.807, 2.05) is 46.9 Å². The second kappa shape index (κ2) is 17.3. The molecule has 4 heterocycles. The van der Waals surface area contributed by atoms with Crippen molar-refractivity contribution in [1.29, 1.82) is 10.5 Å². The van der Waals surface area contributed by atoms with Crippen molar-refractivity contribution in [3.63, 3.8) is 0 Å². The third-order valence-electron chi connectivity index (χ3n) is 17.0. The number of benzene rings is 9. The fourth-order valence-corrected chi connectivity index (χ4v) is 16.0. The zero-order chi connectivity index (χ0) is 49.0. The predicted octanol–water partition coefficient (Wildman–Crippen LogP) is 19.8. The van der Waals surface area contributed by atoms with Crippen LogP contribution in [0.25, 0.3) is 118 Å². The molecule has 74 heavy (non-hydrogen) atoms. The molecule has 0 bridgehead atoms. The quantitative estimate of drug-likeness (QED) is 0.167. The fourth-order valence-electron chi connectivity index (χ4n) is 13.8. The van der Waals surface area contributed by atoms with Crippen molar-refractivity contribution in [2.24, 2.45) is 0 Å². The summed E-state index contributed by atoms with van der Waals surface area (Å²) in [5, 5.41) is 31.0. The Morgan fingerprint density at radius 2 is 0.757 bits per heavy atom. The zero-order valence-corrected chi connectivity index (χ0v) is 42.6. The number of nitriles is 2. The van der Waals surface area contributed by atoms with E-state index in [0.717, 1.165) is 36.8 Å². The first kappa shape index (κ1) is 43.6. The summed E-state index contributed by atoms with van der Waals surface area (Å²) in [6.07, 6.45) is 11.5. The van der Waals surface area contributed by atoms with Gasteiger partial charge in [-0.25, -0.2) is 0 Å². The summed E-state index contributed by atoms with van der Waals surface area (Å²) in [5.74, 6) is 0.510. The predicted molar refractivity (Wildman–Crippen MR) is 313 cm³/mol. The molecule has 0 saturated heterocycles. The molecule has 4 nitrogen and oxygen atoms in total. The number of hydrogen-bond donors (Lipinski definition) is 0. The van der Waals surface area contributed by atoms with Gasteiger partial charge in [-0.3, -0.25) is 0 Å². The second-order valence-electron chi connectivity index (χ2n) is 20.9. The molecule has 0 amide bonds. The Kier molecular flexibility index (Phi) is 10.2. The van der Waals surface area contributed by atoms with E-state index in [2.05, 4.69) is 167 Å². The maximum absolute atomic E-state index is 10.4. The highest BCUT2D eigenvalue weighted by Crippen LogP contribution is 2.57. The van der Waals surface area contributed by atoms with Crippen molar-refractivity contribution in [3.8, 4) is 45.8 Å². The highest BCUT2D eigenvalue weighted by Gasteiger charge is 2.38. The summed E-state index contributed by atoms with van der Waals surface area (Å²) in [5.41, 5.74) is 16.3. The summed E-state index contributed by atoms with van der Waals surface area (Å²) in [7, 11) is 0. The van der Waals surface area contributed by atoms with Crippen LogP contribution in [-0.2, 0) is 0 Å². The number of rotatable bonds is 6. The Bertz CT molecular complexity index is 4410. The summed E-state index contributed by atoms with van der Waals surface area (Å²) in [6, 6.07) is 67.9. The first-order valence-corrected chi connectivity index (χ1v) is 28.2. The normalized spacial score (nSPS) is 14.9. The van der Waals surface area contributed by atoms with Gasteiger partial charge in [-0.2, -0.15) is 10.5 Å². The minimum absolute atomic E-state index is 0.255. The van der Waals surface area contributed by atoms with Gasteiger partial charge in [0.05, 0.1) is 56.7 Å². The van der Waals surface area contributed by atoms with Crippen LogP contribution in [0.3, 0.4) is 0 Å². The van der Waals surface area contributed by atoms with Gasteiger partial charge in [-0.05, 0) is 120 Å². The molecule has 0 radical (unpaired) electrons. The van der Waals surface area contributed by atoms with Crippen molar-refractivity contribution in [1.82, 2.24) is 9.13 Å². The van der Waals surface area contributed by atoms with Gasteiger partial charge in [0.2, 0.25) is 0 Å². The van der Waals surface area contributed by atoms with Crippen LogP contribution in [0.2, 0.25) is 0 Å². The largest absolute Gasteiger partial charge is 0.308 e. The average molecular weight is 987 g/mol. The summed E-state index contributed by atoms with van der Waals surface area (Å²) in [4.78, 5) is 0. The molecule has 0 spiro atoms. The summed E-state index contributed by atoms with van der Waals surface area (Å²) in [6.45, 7) is 0. The molecule has 13 aromatic rings. The molecule has 0 N–H and O–H groups in total. The van der Waals surface area contributed by atoms with Crippen LogP contribution in [0.1, 0.15) is 98.3 Å². The maximum Gasteiger partial charge on any atom is 0.0991 e. The van der Waals surface area contributed by atoms with Gasteiger partial charge in [0.25, 0.3) is 0 Å². The van der Waals surface area contributed by atoms with Crippen LogP contribution in [-0.4, -0.2) is 9.13 Å². The van der Waals surface area contributed by atoms with Crippen LogP contribution in [0.15, 0.2) is 170 Å². The topological polar surface area (TPSA) is 57.4 Å². The van der Waals surface area contributed by atoms with E-state index < -0.39 is 0 Å². The Morgan fingerprint density at radius 1 is 0.365 bits per heavy atom. The minimum atomic E-state index is 0.255. The van der Waals surface area contributed by atoms with E-state index in [4.69, 9.17) is 0 Å². The van der Waals surface area contributed by atoms with Crippen molar-refractivity contribution in [2.45, 2.75) is 76.0 Å². The van der Waals surface area contributed by atoms with Crippen LogP contribution >= 0.6 is 22.7 Å². The van der Waals surface area contributed by atoms with Crippen LogP contribution < -0.4 is 0 Å². The van der Waals surface area contributed by atoms with E-state index in [1.165, 1.54) is 156 Å². The van der Waals surface area contributed by atoms with Gasteiger partial charge >= 0.3 is 0 Å². The van der Waals surface area contributed by atoms with E-state index in [0.29, 0.717) is 11.1 Å². The second-order valence-corrected chi connectivity index (χ2v) is 23.1. The Hall–Kier alpha value is -8.00. The monoisotopic (exact) mass is 986 g/mol. The lowest BCUT2D eigenvalue weighted by Crippen LogP contribution is -2.20. The number of aromatic nitrogens is 2. The lowest BCUT2D eigenvalue weighted by Gasteiger charge is -2.37. The van der Waals surface area contributed by atoms with E-state index in [1.54, 1.807) is 0 Å². The van der Waals surface area contributed by atoms with Crippen molar-refractivity contribution >= 4 is 107 Å². The molecule has 2 fully saturated rings. The van der Waals surface area contributed by atoms with E-state index in [-0.39, 0.29) is 11.8 Å². The molecule has 0 atom stereocenters. The van der Waals surface area contributed by atoms with Crippen molar-refractivity contribution in [3.05, 3.63) is 192 Å². The molecule has 15 rings (SSSR count). The van der Waals surface area contributed by atoms with Gasteiger partial charge in [0.1, 0.15) is 0 Å². The molecule has 354 valence electrons. The molecular formula is C68H50N4S2. The lowest BCUT2D eigenvalue weighted by atomic mass is 9.72. The molecule has 0 aliphatic heterocycles. The van der Waals surface area contributed by atoms with E-state index in [9.17, 15) is 10.5 Å². The third-order valence-corrected chi connectivity index (χ3v) is 19.2. The number of thiophene rings is 2. The maximum atomic E-state index is 10.4. The Balaban J connectivity index is 1.26. The smallest absolute Gasteiger partial charge is 0.0991 e. The molecule has 2 aliphatic rings. The lowest BCUT2D eigenvalue weighted by molar-refractivity contribution is 0.435. The summed E-state index contributed by atoms with van der Waals surface area (Å²) >= 11 is 3.78. The van der Waals surface area contributed by atoms with Crippen molar-refractivity contribution in [2.75, 3.05) is 0 Å². The molecular weight excluding hydrogens is 937 g/mol. The SMILES string of the molecule is N#Cc1ccc(-c2c(C3CCCCC3)c(-n3c4ccccc4c4ccc5sc6ccccc6c5c43)c(C3CCCCC3)c(-c3ccc(C#N)cc3)c2-n2c3ccccc3c3ccc4sc5ccccc5c4c32)cc1. The highest BCUT2D eigenvalue weighted by molar-refractivity contribution is 7.26. The first-order chi connectivity index (χ1) is 36.7.